The van der Waals surface area contributed by atoms with Crippen LogP contribution in [0.4, 0.5) is 0 Å². The van der Waals surface area contributed by atoms with Crippen molar-refractivity contribution in [1.29, 1.82) is 0 Å². The lowest BCUT2D eigenvalue weighted by atomic mass is 9.99. The molecule has 1 aliphatic heterocycles. The maximum atomic E-state index is 6.27. The molecule has 0 radical (unpaired) electrons. The molecule has 2 N–H and O–H groups in total. The number of hydrogen-bond donors (Lipinski definition) is 1. The van der Waals surface area contributed by atoms with Crippen molar-refractivity contribution in [3.63, 3.8) is 0 Å². The number of fused-ring (bicyclic) bond motifs is 1. The highest BCUT2D eigenvalue weighted by atomic mass is 16.5. The van der Waals surface area contributed by atoms with Crippen LogP contribution in [0.2, 0.25) is 0 Å². The first kappa shape index (κ1) is 15.3. The van der Waals surface area contributed by atoms with E-state index in [-0.39, 0.29) is 12.1 Å². The Balaban J connectivity index is 1.67. The van der Waals surface area contributed by atoms with Gasteiger partial charge in [-0.05, 0) is 12.5 Å². The molecule has 1 aromatic rings. The van der Waals surface area contributed by atoms with Gasteiger partial charge in [0.05, 0.1) is 6.04 Å². The fourth-order valence-electron chi connectivity index (χ4n) is 2.63. The molecule has 0 saturated heterocycles. The van der Waals surface area contributed by atoms with Crippen LogP contribution in [-0.4, -0.2) is 19.3 Å². The van der Waals surface area contributed by atoms with E-state index in [0.717, 1.165) is 24.3 Å². The van der Waals surface area contributed by atoms with Crippen LogP contribution in [0.1, 0.15) is 57.1 Å². The van der Waals surface area contributed by atoms with Gasteiger partial charge in [-0.3, -0.25) is 0 Å². The SMILES string of the molecule is CCCCCCCCOC1COc2ccccc2C1N. The zero-order chi connectivity index (χ0) is 14.2. The van der Waals surface area contributed by atoms with Crippen LogP contribution in [0.15, 0.2) is 24.3 Å². The van der Waals surface area contributed by atoms with Crippen molar-refractivity contribution in [2.24, 2.45) is 5.73 Å². The van der Waals surface area contributed by atoms with Crippen LogP contribution in [0.5, 0.6) is 5.75 Å². The first-order valence-electron chi connectivity index (χ1n) is 7.92. The van der Waals surface area contributed by atoms with Crippen LogP contribution in [0.25, 0.3) is 0 Å². The van der Waals surface area contributed by atoms with Crippen molar-refractivity contribution in [2.45, 2.75) is 57.6 Å². The van der Waals surface area contributed by atoms with Crippen LogP contribution in [0, 0.1) is 0 Å². The second-order valence-corrected chi connectivity index (χ2v) is 5.55. The van der Waals surface area contributed by atoms with E-state index in [1.807, 2.05) is 24.3 Å². The second-order valence-electron chi connectivity index (χ2n) is 5.55. The molecule has 2 rings (SSSR count). The van der Waals surface area contributed by atoms with Gasteiger partial charge in [-0.15, -0.1) is 0 Å². The molecule has 1 aromatic carbocycles. The molecule has 0 amide bonds. The van der Waals surface area contributed by atoms with Crippen LogP contribution < -0.4 is 10.5 Å². The Hall–Kier alpha value is -1.06. The van der Waals surface area contributed by atoms with Crippen LogP contribution in [-0.2, 0) is 4.74 Å². The molecule has 1 heterocycles. The van der Waals surface area contributed by atoms with Crippen molar-refractivity contribution in [1.82, 2.24) is 0 Å². The standard InChI is InChI=1S/C17H27NO2/c1-2-3-4-5-6-9-12-19-16-13-20-15-11-8-7-10-14(15)17(16)18/h7-8,10-11,16-17H,2-6,9,12-13,18H2,1H3. The number of hydrogen-bond acceptors (Lipinski definition) is 3. The zero-order valence-electron chi connectivity index (χ0n) is 12.5. The molecule has 2 unspecified atom stereocenters. The van der Waals surface area contributed by atoms with Crippen LogP contribution >= 0.6 is 0 Å². The molecule has 0 bridgehead atoms. The summed E-state index contributed by atoms with van der Waals surface area (Å²) in [5.41, 5.74) is 7.33. The van der Waals surface area contributed by atoms with Gasteiger partial charge < -0.3 is 15.2 Å². The lowest BCUT2D eigenvalue weighted by Gasteiger charge is -2.31. The molecule has 112 valence electrons. The summed E-state index contributed by atoms with van der Waals surface area (Å²) in [7, 11) is 0. The molecule has 2 atom stereocenters. The Labute approximate surface area is 122 Å². The number of para-hydroxylation sites is 1. The van der Waals surface area contributed by atoms with Crippen molar-refractivity contribution in [3.8, 4) is 5.75 Å². The zero-order valence-corrected chi connectivity index (χ0v) is 12.5. The summed E-state index contributed by atoms with van der Waals surface area (Å²) in [6.45, 7) is 3.59. The Morgan fingerprint density at radius 3 is 2.75 bits per heavy atom. The molecule has 0 fully saturated rings. The van der Waals surface area contributed by atoms with Crippen molar-refractivity contribution < 1.29 is 9.47 Å². The minimum atomic E-state index is -0.0694. The number of unbranched alkanes of at least 4 members (excludes halogenated alkanes) is 5. The number of rotatable bonds is 8. The van der Waals surface area contributed by atoms with E-state index in [1.54, 1.807) is 0 Å². The second kappa shape index (κ2) is 8.28. The van der Waals surface area contributed by atoms with Gasteiger partial charge in [0.2, 0.25) is 0 Å². The van der Waals surface area contributed by atoms with E-state index in [0.29, 0.717) is 6.61 Å². The lowest BCUT2D eigenvalue weighted by molar-refractivity contribution is -0.00830. The maximum absolute atomic E-state index is 6.27. The predicted molar refractivity (Wildman–Crippen MR) is 82.0 cm³/mol. The fourth-order valence-corrected chi connectivity index (χ4v) is 2.63. The lowest BCUT2D eigenvalue weighted by Crippen LogP contribution is -2.38. The van der Waals surface area contributed by atoms with Crippen molar-refractivity contribution in [3.05, 3.63) is 29.8 Å². The molecular weight excluding hydrogens is 250 g/mol. The first-order valence-corrected chi connectivity index (χ1v) is 7.92. The highest BCUT2D eigenvalue weighted by Gasteiger charge is 2.28. The first-order chi connectivity index (χ1) is 9.83. The van der Waals surface area contributed by atoms with E-state index in [9.17, 15) is 0 Å². The summed E-state index contributed by atoms with van der Waals surface area (Å²) >= 11 is 0. The van der Waals surface area contributed by atoms with Gasteiger partial charge in [-0.25, -0.2) is 0 Å². The van der Waals surface area contributed by atoms with Gasteiger partial charge in [0.15, 0.2) is 0 Å². The molecule has 0 aromatic heterocycles. The third-order valence-electron chi connectivity index (χ3n) is 3.91. The average molecular weight is 277 g/mol. The molecule has 0 spiro atoms. The third-order valence-corrected chi connectivity index (χ3v) is 3.91. The molecule has 1 aliphatic rings. The number of benzene rings is 1. The monoisotopic (exact) mass is 277 g/mol. The number of nitrogens with two attached hydrogens (primary N) is 1. The Morgan fingerprint density at radius 2 is 1.90 bits per heavy atom. The average Bonchev–Trinajstić information content (AvgIpc) is 2.49. The molecular formula is C17H27NO2. The predicted octanol–water partition coefficient (Wildman–Crippen LogP) is 3.82. The highest BCUT2D eigenvalue weighted by molar-refractivity contribution is 5.38. The van der Waals surface area contributed by atoms with Crippen molar-refractivity contribution in [2.75, 3.05) is 13.2 Å². The smallest absolute Gasteiger partial charge is 0.124 e. The van der Waals surface area contributed by atoms with Crippen LogP contribution in [0.3, 0.4) is 0 Å². The summed E-state index contributed by atoms with van der Waals surface area (Å²) in [4.78, 5) is 0. The van der Waals surface area contributed by atoms with Gasteiger partial charge in [0.1, 0.15) is 18.5 Å². The van der Waals surface area contributed by atoms with Gasteiger partial charge in [-0.1, -0.05) is 57.2 Å². The minimum absolute atomic E-state index is 0.0134. The summed E-state index contributed by atoms with van der Waals surface area (Å²) in [6.07, 6.45) is 7.65. The minimum Gasteiger partial charge on any atom is -0.490 e. The highest BCUT2D eigenvalue weighted by Crippen LogP contribution is 2.31. The van der Waals surface area contributed by atoms with Crippen molar-refractivity contribution >= 4 is 0 Å². The Kier molecular flexibility index (Phi) is 6.34. The van der Waals surface area contributed by atoms with E-state index in [4.69, 9.17) is 15.2 Å². The summed E-state index contributed by atoms with van der Waals surface area (Å²) < 4.78 is 11.6. The molecule has 3 nitrogen and oxygen atoms in total. The molecule has 20 heavy (non-hydrogen) atoms. The Bertz CT molecular complexity index is 394. The summed E-state index contributed by atoms with van der Waals surface area (Å²) in [5.74, 6) is 0.902. The van der Waals surface area contributed by atoms with E-state index >= 15 is 0 Å². The summed E-state index contributed by atoms with van der Waals surface area (Å²) in [6, 6.07) is 7.90. The topological polar surface area (TPSA) is 44.5 Å². The van der Waals surface area contributed by atoms with Gasteiger partial charge in [-0.2, -0.15) is 0 Å². The van der Waals surface area contributed by atoms with Gasteiger partial charge in [0, 0.05) is 12.2 Å². The van der Waals surface area contributed by atoms with Gasteiger partial charge in [0.25, 0.3) is 0 Å². The normalized spacial score (nSPS) is 21.3. The number of ether oxygens (including phenoxy) is 2. The molecule has 0 aliphatic carbocycles. The largest absolute Gasteiger partial charge is 0.490 e. The third kappa shape index (κ3) is 4.22. The van der Waals surface area contributed by atoms with E-state index in [2.05, 4.69) is 6.92 Å². The van der Waals surface area contributed by atoms with E-state index < -0.39 is 0 Å². The molecule has 0 saturated carbocycles. The van der Waals surface area contributed by atoms with Gasteiger partial charge >= 0.3 is 0 Å². The fraction of sp³-hybridized carbons (Fsp3) is 0.647. The Morgan fingerprint density at radius 1 is 1.15 bits per heavy atom. The summed E-state index contributed by atoms with van der Waals surface area (Å²) in [5, 5.41) is 0. The maximum Gasteiger partial charge on any atom is 0.124 e. The molecule has 3 heteroatoms. The quantitative estimate of drug-likeness (QED) is 0.735. The van der Waals surface area contributed by atoms with E-state index in [1.165, 1.54) is 32.1 Å².